The monoisotopic (exact) mass is 300 g/mol. The summed E-state index contributed by atoms with van der Waals surface area (Å²) in [6, 6.07) is 8.27. The zero-order valence-corrected chi connectivity index (χ0v) is 12.6. The van der Waals surface area contributed by atoms with E-state index >= 15 is 0 Å². The maximum atomic E-state index is 6.20. The molecule has 0 N–H and O–H groups in total. The van der Waals surface area contributed by atoms with Gasteiger partial charge in [0.15, 0.2) is 0 Å². The maximum absolute atomic E-state index is 6.20. The molecule has 2 aromatic rings. The highest BCUT2D eigenvalue weighted by molar-refractivity contribution is 7.98. The number of benzene rings is 1. The Kier molecular flexibility index (Phi) is 4.60. The lowest BCUT2D eigenvalue weighted by atomic mass is 10.2. The third kappa shape index (κ3) is 3.02. The van der Waals surface area contributed by atoms with E-state index in [-0.39, 0.29) is 0 Å². The zero-order valence-electron chi connectivity index (χ0n) is 10.3. The lowest BCUT2D eigenvalue weighted by molar-refractivity contribution is 0.757. The molecule has 0 aliphatic carbocycles. The number of alkyl halides is 1. The van der Waals surface area contributed by atoms with Gasteiger partial charge in [-0.3, -0.25) is 4.68 Å². The topological polar surface area (TPSA) is 17.8 Å². The Hall–Kier alpha value is -0.640. The number of aromatic nitrogens is 2. The minimum absolute atomic E-state index is 0.554. The number of rotatable bonds is 4. The van der Waals surface area contributed by atoms with Crippen LogP contribution in [0.25, 0.3) is 0 Å². The molecule has 0 atom stereocenters. The van der Waals surface area contributed by atoms with Crippen molar-refractivity contribution in [3.63, 3.8) is 0 Å². The predicted molar refractivity (Wildman–Crippen MR) is 78.5 cm³/mol. The summed E-state index contributed by atoms with van der Waals surface area (Å²) >= 11 is 13.7. The quantitative estimate of drug-likeness (QED) is 0.615. The first-order chi connectivity index (χ1) is 8.61. The van der Waals surface area contributed by atoms with Gasteiger partial charge in [-0.1, -0.05) is 23.7 Å². The van der Waals surface area contributed by atoms with Gasteiger partial charge in [-0.05, 0) is 24.6 Å². The molecule has 0 saturated heterocycles. The number of nitrogens with zero attached hydrogens (tertiary/aromatic N) is 2. The van der Waals surface area contributed by atoms with Crippen LogP contribution >= 0.6 is 35.0 Å². The van der Waals surface area contributed by atoms with Gasteiger partial charge < -0.3 is 0 Å². The van der Waals surface area contributed by atoms with Gasteiger partial charge in [0.2, 0.25) is 0 Å². The molecule has 0 fully saturated rings. The first-order valence-corrected chi connectivity index (χ1v) is 7.47. The molecule has 2 nitrogen and oxygen atoms in total. The normalized spacial score (nSPS) is 10.9. The van der Waals surface area contributed by atoms with Crippen LogP contribution in [-0.4, -0.2) is 9.78 Å². The van der Waals surface area contributed by atoms with Gasteiger partial charge in [0.25, 0.3) is 0 Å². The molecule has 2 rings (SSSR count). The van der Waals surface area contributed by atoms with Crippen molar-refractivity contribution in [3.8, 4) is 0 Å². The molecule has 1 aromatic carbocycles. The molecule has 0 aliphatic heterocycles. The van der Waals surface area contributed by atoms with Crippen molar-refractivity contribution in [1.29, 1.82) is 0 Å². The van der Waals surface area contributed by atoms with Crippen molar-refractivity contribution in [3.05, 3.63) is 46.2 Å². The summed E-state index contributed by atoms with van der Waals surface area (Å²) in [6.45, 7) is 1.98. The third-order valence-electron chi connectivity index (χ3n) is 2.73. The zero-order chi connectivity index (χ0) is 13.1. The Morgan fingerprint density at radius 3 is 2.44 bits per heavy atom. The van der Waals surface area contributed by atoms with Crippen LogP contribution in [0.15, 0.2) is 29.2 Å². The van der Waals surface area contributed by atoms with Gasteiger partial charge in [0.05, 0.1) is 5.69 Å². The van der Waals surface area contributed by atoms with E-state index in [1.54, 1.807) is 16.4 Å². The fraction of sp³-hybridized carbons (Fsp3) is 0.308. The Labute approximate surface area is 121 Å². The third-order valence-corrected chi connectivity index (χ3v) is 4.55. The molecule has 18 heavy (non-hydrogen) atoms. The minimum atomic E-state index is 0.554. The lowest BCUT2D eigenvalue weighted by Crippen LogP contribution is -1.89. The Balaban J connectivity index is 2.06. The van der Waals surface area contributed by atoms with E-state index in [1.165, 1.54) is 4.90 Å². The van der Waals surface area contributed by atoms with Crippen molar-refractivity contribution < 1.29 is 0 Å². The molecule has 0 saturated carbocycles. The largest absolute Gasteiger partial charge is 0.257 e. The fourth-order valence-electron chi connectivity index (χ4n) is 1.67. The van der Waals surface area contributed by atoms with Crippen LogP contribution in [-0.2, 0) is 18.7 Å². The van der Waals surface area contributed by atoms with E-state index in [0.29, 0.717) is 5.88 Å². The number of halogens is 2. The van der Waals surface area contributed by atoms with Crippen LogP contribution in [0.1, 0.15) is 16.8 Å². The summed E-state index contributed by atoms with van der Waals surface area (Å²) < 4.78 is 1.71. The van der Waals surface area contributed by atoms with Crippen molar-refractivity contribution >= 4 is 35.0 Å². The number of hydrogen-bond donors (Lipinski definition) is 0. The molecule has 96 valence electrons. The summed E-state index contributed by atoms with van der Waals surface area (Å²) in [7, 11) is 1.86. The van der Waals surface area contributed by atoms with Gasteiger partial charge in [0.1, 0.15) is 5.15 Å². The van der Waals surface area contributed by atoms with Crippen molar-refractivity contribution in [2.75, 3.05) is 0 Å². The Morgan fingerprint density at radius 2 is 1.94 bits per heavy atom. The Bertz CT molecular complexity index is 535. The molecule has 5 heteroatoms. The highest BCUT2D eigenvalue weighted by atomic mass is 35.5. The summed E-state index contributed by atoms with van der Waals surface area (Å²) in [5, 5.41) is 5.02. The second-order valence-corrected chi connectivity index (χ2v) is 5.72. The first kappa shape index (κ1) is 13.8. The van der Waals surface area contributed by atoms with Crippen molar-refractivity contribution in [2.45, 2.75) is 23.5 Å². The Morgan fingerprint density at radius 1 is 1.28 bits per heavy atom. The second kappa shape index (κ2) is 6.00. The van der Waals surface area contributed by atoms with Gasteiger partial charge >= 0.3 is 0 Å². The molecular formula is C13H14Cl2N2S. The molecule has 0 spiro atoms. The summed E-state index contributed by atoms with van der Waals surface area (Å²) in [5.74, 6) is 1.39. The van der Waals surface area contributed by atoms with Crippen LogP contribution in [0.5, 0.6) is 0 Å². The van der Waals surface area contributed by atoms with Crippen LogP contribution < -0.4 is 0 Å². The average Bonchev–Trinajstić information content (AvgIpc) is 2.62. The summed E-state index contributed by atoms with van der Waals surface area (Å²) in [6.07, 6.45) is 0. The van der Waals surface area contributed by atoms with Crippen molar-refractivity contribution in [1.82, 2.24) is 9.78 Å². The van der Waals surface area contributed by atoms with Crippen LogP contribution in [0.4, 0.5) is 0 Å². The lowest BCUT2D eigenvalue weighted by Gasteiger charge is -2.03. The van der Waals surface area contributed by atoms with Crippen LogP contribution in [0, 0.1) is 6.92 Å². The predicted octanol–water partition coefficient (Wildman–Crippen LogP) is 4.41. The maximum Gasteiger partial charge on any atom is 0.131 e. The summed E-state index contributed by atoms with van der Waals surface area (Å²) in [5.41, 5.74) is 3.23. The highest BCUT2D eigenvalue weighted by Gasteiger charge is 2.11. The molecule has 1 heterocycles. The second-order valence-electron chi connectivity index (χ2n) is 4.04. The van der Waals surface area contributed by atoms with E-state index in [0.717, 1.165) is 27.7 Å². The van der Waals surface area contributed by atoms with Gasteiger partial charge in [0, 0.05) is 29.1 Å². The highest BCUT2D eigenvalue weighted by Crippen LogP contribution is 2.28. The molecule has 0 radical (unpaired) electrons. The van der Waals surface area contributed by atoms with Gasteiger partial charge in [-0.25, -0.2) is 0 Å². The van der Waals surface area contributed by atoms with E-state index < -0.39 is 0 Å². The minimum Gasteiger partial charge on any atom is -0.257 e. The van der Waals surface area contributed by atoms with Crippen molar-refractivity contribution in [2.24, 2.45) is 7.05 Å². The fourth-order valence-corrected chi connectivity index (χ4v) is 3.15. The van der Waals surface area contributed by atoms with Gasteiger partial charge in [-0.2, -0.15) is 5.10 Å². The number of thioether (sulfide) groups is 1. The SMILES string of the molecule is Cc1nn(C)c(Cl)c1CSc1ccc(CCl)cc1. The molecule has 0 aliphatic rings. The standard InChI is InChI=1S/C13H14Cl2N2S/c1-9-12(13(15)17(2)16-9)8-18-11-5-3-10(7-14)4-6-11/h3-6H,7-8H2,1-2H3. The smallest absolute Gasteiger partial charge is 0.131 e. The average molecular weight is 301 g/mol. The van der Waals surface area contributed by atoms with Crippen LogP contribution in [0.2, 0.25) is 5.15 Å². The van der Waals surface area contributed by atoms with E-state index in [1.807, 2.05) is 26.1 Å². The molecular weight excluding hydrogens is 287 g/mol. The molecule has 0 bridgehead atoms. The van der Waals surface area contributed by atoms with Gasteiger partial charge in [-0.15, -0.1) is 23.4 Å². The molecule has 1 aromatic heterocycles. The van der Waals surface area contributed by atoms with Crippen LogP contribution in [0.3, 0.4) is 0 Å². The number of aryl methyl sites for hydroxylation is 2. The van der Waals surface area contributed by atoms with E-state index in [9.17, 15) is 0 Å². The first-order valence-electron chi connectivity index (χ1n) is 5.57. The van der Waals surface area contributed by atoms with E-state index in [4.69, 9.17) is 23.2 Å². The van der Waals surface area contributed by atoms with E-state index in [2.05, 4.69) is 17.2 Å². The molecule has 0 unspecified atom stereocenters. The number of hydrogen-bond acceptors (Lipinski definition) is 2. The molecule has 0 amide bonds. The summed E-state index contributed by atoms with van der Waals surface area (Å²) in [4.78, 5) is 1.21.